The third-order valence-corrected chi connectivity index (χ3v) is 3.20. The van der Waals surface area contributed by atoms with E-state index in [4.69, 9.17) is 4.42 Å². The largest absolute Gasteiger partial charge is 0.468 e. The second-order valence-electron chi connectivity index (χ2n) is 4.73. The Kier molecular flexibility index (Phi) is 4.38. The van der Waals surface area contributed by atoms with Gasteiger partial charge in [-0.3, -0.25) is 0 Å². The van der Waals surface area contributed by atoms with Crippen molar-refractivity contribution in [1.29, 1.82) is 0 Å². The zero-order chi connectivity index (χ0) is 15.5. The van der Waals surface area contributed by atoms with Gasteiger partial charge in [-0.25, -0.2) is 4.98 Å². The molecule has 1 atom stereocenters. The number of aliphatic hydroxyl groups is 1. The molecule has 5 nitrogen and oxygen atoms in total. The Bertz CT molecular complexity index is 565. The van der Waals surface area contributed by atoms with Crippen LogP contribution in [0.4, 0.5) is 13.2 Å². The molecule has 1 unspecified atom stereocenters. The first-order chi connectivity index (χ1) is 9.84. The molecule has 0 radical (unpaired) electrons. The Morgan fingerprint density at radius 1 is 1.43 bits per heavy atom. The molecular formula is C13H16F3N3O2. The standard InChI is InChI=1S/C13H16F3N3O2/c1-19-7-6-18-11(19)12(20,13(14,15)16)4-5-17-9-10-3-2-8-21-10/h2-3,6-8,17,20H,4-5,9H2,1H3. The Morgan fingerprint density at radius 3 is 2.71 bits per heavy atom. The lowest BCUT2D eigenvalue weighted by molar-refractivity contribution is -0.272. The molecule has 116 valence electrons. The van der Waals surface area contributed by atoms with Crippen LogP contribution in [-0.2, 0) is 19.2 Å². The monoisotopic (exact) mass is 303 g/mol. The number of aryl methyl sites for hydroxylation is 1. The van der Waals surface area contributed by atoms with Gasteiger partial charge in [0.2, 0.25) is 5.60 Å². The van der Waals surface area contributed by atoms with Crippen LogP contribution in [0.5, 0.6) is 0 Å². The molecule has 2 N–H and O–H groups in total. The summed E-state index contributed by atoms with van der Waals surface area (Å²) < 4.78 is 45.8. The van der Waals surface area contributed by atoms with Crippen molar-refractivity contribution < 1.29 is 22.7 Å². The Hall–Kier alpha value is -1.80. The fourth-order valence-electron chi connectivity index (χ4n) is 2.04. The molecule has 2 heterocycles. The van der Waals surface area contributed by atoms with E-state index < -0.39 is 24.0 Å². The van der Waals surface area contributed by atoms with Gasteiger partial charge in [-0.2, -0.15) is 13.2 Å². The maximum absolute atomic E-state index is 13.2. The maximum atomic E-state index is 13.2. The lowest BCUT2D eigenvalue weighted by atomic mass is 9.97. The maximum Gasteiger partial charge on any atom is 0.424 e. The number of imidazole rings is 1. The van der Waals surface area contributed by atoms with Crippen LogP contribution in [0.1, 0.15) is 18.0 Å². The van der Waals surface area contributed by atoms with E-state index in [9.17, 15) is 18.3 Å². The van der Waals surface area contributed by atoms with Crippen molar-refractivity contribution >= 4 is 0 Å². The van der Waals surface area contributed by atoms with Crippen molar-refractivity contribution in [2.24, 2.45) is 7.05 Å². The molecule has 0 saturated heterocycles. The van der Waals surface area contributed by atoms with Crippen LogP contribution in [-0.4, -0.2) is 27.4 Å². The number of hydrogen-bond acceptors (Lipinski definition) is 4. The number of hydrogen-bond donors (Lipinski definition) is 2. The van der Waals surface area contributed by atoms with Crippen molar-refractivity contribution in [3.8, 4) is 0 Å². The predicted octanol–water partition coefficient (Wildman–Crippen LogP) is 1.94. The summed E-state index contributed by atoms with van der Waals surface area (Å²) in [5.74, 6) is 0.192. The molecule has 2 aromatic heterocycles. The molecule has 0 aromatic carbocycles. The number of halogens is 3. The average Bonchev–Trinajstić information content (AvgIpc) is 3.04. The highest BCUT2D eigenvalue weighted by Gasteiger charge is 2.56. The van der Waals surface area contributed by atoms with Crippen molar-refractivity contribution in [2.45, 2.75) is 24.7 Å². The van der Waals surface area contributed by atoms with Crippen LogP contribution >= 0.6 is 0 Å². The molecule has 0 amide bonds. The molecule has 21 heavy (non-hydrogen) atoms. The Morgan fingerprint density at radius 2 is 2.19 bits per heavy atom. The van der Waals surface area contributed by atoms with Crippen LogP contribution in [0.15, 0.2) is 35.2 Å². The molecule has 0 bridgehead atoms. The quantitative estimate of drug-likeness (QED) is 0.801. The molecule has 0 fully saturated rings. The first kappa shape index (κ1) is 15.6. The first-order valence-electron chi connectivity index (χ1n) is 6.34. The molecule has 0 aliphatic heterocycles. The molecule has 2 rings (SSSR count). The van der Waals surface area contributed by atoms with Gasteiger partial charge in [0.05, 0.1) is 12.8 Å². The highest BCUT2D eigenvalue weighted by Crippen LogP contribution is 2.40. The molecule has 8 heteroatoms. The van der Waals surface area contributed by atoms with Gasteiger partial charge in [-0.15, -0.1) is 0 Å². The third-order valence-electron chi connectivity index (χ3n) is 3.20. The van der Waals surface area contributed by atoms with E-state index in [-0.39, 0.29) is 6.54 Å². The van der Waals surface area contributed by atoms with E-state index in [0.717, 1.165) is 0 Å². The number of aromatic nitrogens is 2. The summed E-state index contributed by atoms with van der Waals surface area (Å²) in [6.45, 7) is 0.255. The Balaban J connectivity index is 2.02. The van der Waals surface area contributed by atoms with Crippen molar-refractivity contribution in [3.05, 3.63) is 42.4 Å². The van der Waals surface area contributed by atoms with Crippen molar-refractivity contribution in [3.63, 3.8) is 0 Å². The van der Waals surface area contributed by atoms with Crippen LogP contribution in [0.3, 0.4) is 0 Å². The van der Waals surface area contributed by atoms with Gasteiger partial charge in [0.1, 0.15) is 11.6 Å². The van der Waals surface area contributed by atoms with Crippen LogP contribution in [0.2, 0.25) is 0 Å². The minimum Gasteiger partial charge on any atom is -0.468 e. The minimum atomic E-state index is -4.81. The molecule has 0 spiro atoms. The number of rotatable bonds is 6. The van der Waals surface area contributed by atoms with Gasteiger partial charge in [-0.1, -0.05) is 0 Å². The summed E-state index contributed by atoms with van der Waals surface area (Å²) in [6.07, 6.45) is -1.28. The van der Waals surface area contributed by atoms with E-state index in [1.165, 1.54) is 30.3 Å². The van der Waals surface area contributed by atoms with Gasteiger partial charge >= 0.3 is 6.18 Å². The fourth-order valence-corrected chi connectivity index (χ4v) is 2.04. The van der Waals surface area contributed by atoms with Gasteiger partial charge in [0.25, 0.3) is 0 Å². The highest BCUT2D eigenvalue weighted by atomic mass is 19.4. The van der Waals surface area contributed by atoms with E-state index >= 15 is 0 Å². The summed E-state index contributed by atoms with van der Waals surface area (Å²) in [5.41, 5.74) is -2.98. The van der Waals surface area contributed by atoms with E-state index in [2.05, 4.69) is 10.3 Å². The number of nitrogens with one attached hydrogen (secondary N) is 1. The SMILES string of the molecule is Cn1ccnc1C(O)(CCNCc1ccco1)C(F)(F)F. The molecular weight excluding hydrogens is 287 g/mol. The van der Waals surface area contributed by atoms with E-state index in [1.807, 2.05) is 0 Å². The summed E-state index contributed by atoms with van der Waals surface area (Å²) in [4.78, 5) is 3.63. The van der Waals surface area contributed by atoms with Crippen molar-refractivity contribution in [1.82, 2.24) is 14.9 Å². The molecule has 2 aromatic rings. The van der Waals surface area contributed by atoms with Gasteiger partial charge in [0, 0.05) is 25.9 Å². The zero-order valence-corrected chi connectivity index (χ0v) is 11.4. The fraction of sp³-hybridized carbons (Fsp3) is 0.462. The van der Waals surface area contributed by atoms with Crippen molar-refractivity contribution in [2.75, 3.05) is 6.54 Å². The summed E-state index contributed by atoms with van der Waals surface area (Å²) in [5, 5.41) is 12.9. The van der Waals surface area contributed by atoms with Gasteiger partial charge in [0.15, 0.2) is 0 Å². The average molecular weight is 303 g/mol. The second kappa shape index (κ2) is 5.90. The lowest BCUT2D eigenvalue weighted by Gasteiger charge is -2.30. The second-order valence-corrected chi connectivity index (χ2v) is 4.73. The van der Waals surface area contributed by atoms with E-state index in [1.54, 1.807) is 12.1 Å². The third kappa shape index (κ3) is 3.27. The Labute approximate surface area is 119 Å². The normalized spacial score (nSPS) is 15.1. The first-order valence-corrected chi connectivity index (χ1v) is 6.34. The van der Waals surface area contributed by atoms with Crippen LogP contribution in [0, 0.1) is 0 Å². The lowest BCUT2D eigenvalue weighted by Crippen LogP contribution is -2.46. The van der Waals surface area contributed by atoms with E-state index in [0.29, 0.717) is 12.3 Å². The molecule has 0 aliphatic rings. The highest BCUT2D eigenvalue weighted by molar-refractivity contribution is 5.08. The van der Waals surface area contributed by atoms with Gasteiger partial charge < -0.3 is 19.4 Å². The summed E-state index contributed by atoms with van der Waals surface area (Å²) in [6, 6.07) is 3.40. The van der Waals surface area contributed by atoms with Gasteiger partial charge in [-0.05, 0) is 18.7 Å². The number of furan rings is 1. The minimum absolute atomic E-state index is 0.0381. The summed E-state index contributed by atoms with van der Waals surface area (Å²) >= 11 is 0. The topological polar surface area (TPSA) is 63.2 Å². The molecule has 0 aliphatic carbocycles. The number of nitrogens with zero attached hydrogens (tertiary/aromatic N) is 2. The number of alkyl halides is 3. The molecule has 0 saturated carbocycles. The zero-order valence-electron chi connectivity index (χ0n) is 11.4. The van der Waals surface area contributed by atoms with Crippen LogP contribution in [0.25, 0.3) is 0 Å². The summed E-state index contributed by atoms with van der Waals surface area (Å²) in [7, 11) is 1.41. The smallest absolute Gasteiger partial charge is 0.424 e. The van der Waals surface area contributed by atoms with Crippen LogP contribution < -0.4 is 5.32 Å². The predicted molar refractivity (Wildman–Crippen MR) is 68.2 cm³/mol.